The number of aromatic nitrogens is 2. The average molecular weight is 322 g/mol. The van der Waals surface area contributed by atoms with Crippen molar-refractivity contribution in [1.82, 2.24) is 20.4 Å². The SMILES string of the molecule is Cc1nn(C(C)(C)C)cc1[C@H](C)NC(=O)N[C@H]1CCCC[C@@H]1O. The number of urea groups is 1. The number of aliphatic hydroxyl groups excluding tert-OH is 1. The van der Waals surface area contributed by atoms with E-state index in [-0.39, 0.29) is 23.7 Å². The first-order valence-corrected chi connectivity index (χ1v) is 8.50. The first-order valence-electron chi connectivity index (χ1n) is 8.50. The van der Waals surface area contributed by atoms with Gasteiger partial charge < -0.3 is 15.7 Å². The van der Waals surface area contributed by atoms with Crippen LogP contribution >= 0.6 is 0 Å². The number of aliphatic hydroxyl groups is 1. The summed E-state index contributed by atoms with van der Waals surface area (Å²) in [4.78, 5) is 12.2. The van der Waals surface area contributed by atoms with Crippen LogP contribution in [-0.2, 0) is 5.54 Å². The molecule has 1 aliphatic rings. The van der Waals surface area contributed by atoms with E-state index in [1.807, 2.05) is 24.7 Å². The van der Waals surface area contributed by atoms with E-state index in [2.05, 4.69) is 36.5 Å². The molecule has 0 radical (unpaired) electrons. The smallest absolute Gasteiger partial charge is 0.315 e. The predicted molar refractivity (Wildman–Crippen MR) is 90.3 cm³/mol. The van der Waals surface area contributed by atoms with Gasteiger partial charge in [-0.2, -0.15) is 5.10 Å². The molecular weight excluding hydrogens is 292 g/mol. The van der Waals surface area contributed by atoms with Crippen LogP contribution in [0.1, 0.15) is 70.7 Å². The van der Waals surface area contributed by atoms with Gasteiger partial charge in [-0.25, -0.2) is 4.79 Å². The molecule has 23 heavy (non-hydrogen) atoms. The van der Waals surface area contributed by atoms with Crippen molar-refractivity contribution in [1.29, 1.82) is 0 Å². The van der Waals surface area contributed by atoms with E-state index in [9.17, 15) is 9.90 Å². The summed E-state index contributed by atoms with van der Waals surface area (Å²) in [5.41, 5.74) is 1.85. The molecule has 1 saturated carbocycles. The summed E-state index contributed by atoms with van der Waals surface area (Å²) in [6.07, 6.45) is 5.24. The van der Waals surface area contributed by atoms with Crippen LogP contribution in [0.25, 0.3) is 0 Å². The fraction of sp³-hybridized carbons (Fsp3) is 0.765. The number of nitrogens with zero attached hydrogens (tertiary/aromatic N) is 2. The molecule has 1 aromatic heterocycles. The highest BCUT2D eigenvalue weighted by atomic mass is 16.3. The lowest BCUT2D eigenvalue weighted by atomic mass is 9.93. The third-order valence-corrected chi connectivity index (χ3v) is 4.48. The number of aryl methyl sites for hydroxylation is 1. The van der Waals surface area contributed by atoms with Gasteiger partial charge in [0.25, 0.3) is 0 Å². The average Bonchev–Trinajstić information content (AvgIpc) is 2.83. The zero-order valence-corrected chi connectivity index (χ0v) is 14.9. The van der Waals surface area contributed by atoms with Crippen LogP contribution in [0.2, 0.25) is 0 Å². The quantitative estimate of drug-likeness (QED) is 0.800. The van der Waals surface area contributed by atoms with Crippen molar-refractivity contribution in [3.8, 4) is 0 Å². The third-order valence-electron chi connectivity index (χ3n) is 4.48. The molecule has 6 nitrogen and oxygen atoms in total. The highest BCUT2D eigenvalue weighted by Gasteiger charge is 2.25. The molecule has 1 aromatic rings. The van der Waals surface area contributed by atoms with Crippen molar-refractivity contribution in [2.75, 3.05) is 0 Å². The summed E-state index contributed by atoms with van der Waals surface area (Å²) < 4.78 is 1.93. The zero-order valence-electron chi connectivity index (χ0n) is 14.9. The molecule has 3 atom stereocenters. The Kier molecular flexibility index (Phi) is 5.34. The number of rotatable bonds is 3. The Hall–Kier alpha value is -1.56. The van der Waals surface area contributed by atoms with E-state index >= 15 is 0 Å². The number of amides is 2. The van der Waals surface area contributed by atoms with Gasteiger partial charge in [0.15, 0.2) is 0 Å². The Morgan fingerprint density at radius 3 is 2.61 bits per heavy atom. The van der Waals surface area contributed by atoms with Gasteiger partial charge in [-0.1, -0.05) is 12.8 Å². The molecule has 2 rings (SSSR count). The largest absolute Gasteiger partial charge is 0.391 e. The van der Waals surface area contributed by atoms with Gasteiger partial charge in [-0.3, -0.25) is 4.68 Å². The Balaban J connectivity index is 1.97. The van der Waals surface area contributed by atoms with Crippen LogP contribution < -0.4 is 10.6 Å². The topological polar surface area (TPSA) is 79.2 Å². The second-order valence-corrected chi connectivity index (χ2v) is 7.58. The molecule has 130 valence electrons. The second kappa shape index (κ2) is 6.91. The lowest BCUT2D eigenvalue weighted by Gasteiger charge is -2.29. The van der Waals surface area contributed by atoms with Crippen LogP contribution in [0.3, 0.4) is 0 Å². The van der Waals surface area contributed by atoms with E-state index in [1.54, 1.807) is 0 Å². The summed E-state index contributed by atoms with van der Waals surface area (Å²) >= 11 is 0. The fourth-order valence-electron chi connectivity index (χ4n) is 3.01. The Bertz CT molecular complexity index is 547. The van der Waals surface area contributed by atoms with Gasteiger partial charge in [0.1, 0.15) is 0 Å². The van der Waals surface area contributed by atoms with Crippen LogP contribution in [-0.4, -0.2) is 33.1 Å². The lowest BCUT2D eigenvalue weighted by molar-refractivity contribution is 0.0941. The van der Waals surface area contributed by atoms with Gasteiger partial charge in [-0.15, -0.1) is 0 Å². The van der Waals surface area contributed by atoms with Crippen LogP contribution in [0.15, 0.2) is 6.20 Å². The van der Waals surface area contributed by atoms with E-state index < -0.39 is 6.10 Å². The minimum Gasteiger partial charge on any atom is -0.391 e. The van der Waals surface area contributed by atoms with E-state index in [1.165, 1.54) is 0 Å². The number of hydrogen-bond acceptors (Lipinski definition) is 3. The number of carbonyl (C=O) groups is 1. The number of hydrogen-bond donors (Lipinski definition) is 3. The molecule has 0 unspecified atom stereocenters. The standard InChI is InChI=1S/C17H30N4O2/c1-11(13-10-21(17(3,4)5)20-12(13)2)18-16(23)19-14-8-6-7-9-15(14)22/h10-11,14-15,22H,6-9H2,1-5H3,(H2,18,19,23)/t11-,14-,15-/m0/s1. The molecule has 0 spiro atoms. The van der Waals surface area contributed by atoms with E-state index in [4.69, 9.17) is 0 Å². The Morgan fingerprint density at radius 1 is 1.39 bits per heavy atom. The molecule has 3 N–H and O–H groups in total. The van der Waals surface area contributed by atoms with E-state index in [0.29, 0.717) is 0 Å². The fourth-order valence-corrected chi connectivity index (χ4v) is 3.01. The van der Waals surface area contributed by atoms with Crippen molar-refractivity contribution in [2.45, 2.75) is 84.0 Å². The maximum atomic E-state index is 12.2. The highest BCUT2D eigenvalue weighted by molar-refractivity contribution is 5.74. The molecule has 2 amide bonds. The normalized spacial score (nSPS) is 23.4. The molecule has 1 fully saturated rings. The van der Waals surface area contributed by atoms with Crippen LogP contribution in [0.5, 0.6) is 0 Å². The van der Waals surface area contributed by atoms with Crippen molar-refractivity contribution >= 4 is 6.03 Å². The van der Waals surface area contributed by atoms with Gasteiger partial charge in [0.2, 0.25) is 0 Å². The minimum atomic E-state index is -0.435. The summed E-state index contributed by atoms with van der Waals surface area (Å²) in [5.74, 6) is 0. The zero-order chi connectivity index (χ0) is 17.2. The summed E-state index contributed by atoms with van der Waals surface area (Å²) in [6, 6.07) is -0.507. The lowest BCUT2D eigenvalue weighted by Crippen LogP contribution is -2.49. The van der Waals surface area contributed by atoms with Crippen molar-refractivity contribution < 1.29 is 9.90 Å². The van der Waals surface area contributed by atoms with Gasteiger partial charge in [-0.05, 0) is 47.5 Å². The summed E-state index contributed by atoms with van der Waals surface area (Å²) in [6.45, 7) is 10.2. The van der Waals surface area contributed by atoms with E-state index in [0.717, 1.165) is 36.9 Å². The molecule has 0 aliphatic heterocycles. The highest BCUT2D eigenvalue weighted by Crippen LogP contribution is 2.21. The molecule has 0 saturated heterocycles. The van der Waals surface area contributed by atoms with Crippen molar-refractivity contribution in [3.05, 3.63) is 17.5 Å². The van der Waals surface area contributed by atoms with Crippen LogP contribution in [0, 0.1) is 6.92 Å². The van der Waals surface area contributed by atoms with Crippen molar-refractivity contribution in [3.63, 3.8) is 0 Å². The number of carbonyl (C=O) groups excluding carboxylic acids is 1. The third kappa shape index (κ3) is 4.47. The van der Waals surface area contributed by atoms with Gasteiger partial charge in [0.05, 0.1) is 29.4 Å². The maximum Gasteiger partial charge on any atom is 0.315 e. The van der Waals surface area contributed by atoms with Crippen LogP contribution in [0.4, 0.5) is 4.79 Å². The molecule has 1 aliphatic carbocycles. The second-order valence-electron chi connectivity index (χ2n) is 7.58. The maximum absolute atomic E-state index is 12.2. The van der Waals surface area contributed by atoms with Crippen molar-refractivity contribution in [2.24, 2.45) is 0 Å². The summed E-state index contributed by atoms with van der Waals surface area (Å²) in [5, 5.41) is 20.3. The predicted octanol–water partition coefficient (Wildman–Crippen LogP) is 2.61. The molecule has 0 aromatic carbocycles. The monoisotopic (exact) mass is 322 g/mol. The molecule has 1 heterocycles. The minimum absolute atomic E-state index is 0.0861. The molecular formula is C17H30N4O2. The first kappa shape index (κ1) is 17.8. The molecule has 0 bridgehead atoms. The summed E-state index contributed by atoms with van der Waals surface area (Å²) in [7, 11) is 0. The number of nitrogens with one attached hydrogen (secondary N) is 2. The van der Waals surface area contributed by atoms with Gasteiger partial charge in [0, 0.05) is 11.8 Å². The molecule has 6 heteroatoms. The Morgan fingerprint density at radius 2 is 2.04 bits per heavy atom. The first-order chi connectivity index (χ1) is 10.7. The Labute approximate surface area is 138 Å². The van der Waals surface area contributed by atoms with Gasteiger partial charge >= 0.3 is 6.03 Å².